The third-order valence-electron chi connectivity index (χ3n) is 2.39. The van der Waals surface area contributed by atoms with E-state index < -0.39 is 0 Å². The Hall–Kier alpha value is -1.19. The molecule has 0 saturated heterocycles. The number of benzene rings is 1. The lowest BCUT2D eigenvalue weighted by molar-refractivity contribution is 0.478. The largest absolute Gasteiger partial charge is 0.458 e. The Morgan fingerprint density at radius 3 is 2.53 bits per heavy atom. The van der Waals surface area contributed by atoms with Gasteiger partial charge >= 0.3 is 0 Å². The molecule has 2 aromatic rings. The molecule has 0 aliphatic carbocycles. The van der Waals surface area contributed by atoms with Crippen LogP contribution in [-0.4, -0.2) is 21.1 Å². The van der Waals surface area contributed by atoms with Crippen LogP contribution in [-0.2, 0) is 0 Å². The molecule has 0 saturated carbocycles. The van der Waals surface area contributed by atoms with Gasteiger partial charge in [-0.2, -0.15) is 0 Å². The zero-order valence-electron chi connectivity index (χ0n) is 9.15. The van der Waals surface area contributed by atoms with E-state index in [2.05, 4.69) is 27.2 Å². The molecule has 2 rings (SSSR count). The Morgan fingerprint density at radius 2 is 1.87 bits per heavy atom. The van der Waals surface area contributed by atoms with Gasteiger partial charge in [-0.25, -0.2) is 0 Å². The summed E-state index contributed by atoms with van der Waals surface area (Å²) < 4.78 is 7.13. The highest BCUT2D eigenvalue weighted by Crippen LogP contribution is 2.28. The normalized spacial score (nSPS) is 11.9. The summed E-state index contributed by atoms with van der Waals surface area (Å²) in [5.41, 5.74) is 2.02. The summed E-state index contributed by atoms with van der Waals surface area (Å²) in [7, 11) is 6.33. The molecule has 0 unspecified atom stereocenters. The number of fused-ring (bicyclic) bond motifs is 1. The maximum Gasteiger partial charge on any atom is 0.195 e. The van der Waals surface area contributed by atoms with Gasteiger partial charge in [0.05, 0.1) is 31.9 Å². The molecule has 0 bridgehead atoms. The van der Waals surface area contributed by atoms with Crippen molar-refractivity contribution in [2.24, 2.45) is 0 Å². The second kappa shape index (κ2) is 3.43. The van der Waals surface area contributed by atoms with Gasteiger partial charge in [0.15, 0.2) is 11.3 Å². The zero-order valence-corrected chi connectivity index (χ0v) is 9.97. The predicted octanol–water partition coefficient (Wildman–Crippen LogP) is 3.36. The van der Waals surface area contributed by atoms with E-state index >= 15 is 0 Å². The van der Waals surface area contributed by atoms with Gasteiger partial charge in [0.2, 0.25) is 0 Å². The van der Waals surface area contributed by atoms with Crippen molar-refractivity contribution >= 4 is 28.9 Å². The Balaban J connectivity index is 2.89. The van der Waals surface area contributed by atoms with Crippen LogP contribution in [0, 0.1) is 4.51 Å². The van der Waals surface area contributed by atoms with Crippen molar-refractivity contribution in [1.82, 2.24) is 4.48 Å². The number of para-hydroxylation sites is 1. The molecule has 0 fully saturated rings. The van der Waals surface area contributed by atoms with Crippen LogP contribution in [0.25, 0.3) is 11.0 Å². The number of hydrogen-bond donors (Lipinski definition) is 0. The van der Waals surface area contributed by atoms with Crippen molar-refractivity contribution in [3.8, 4) is 0 Å². The molecule has 2 nitrogen and oxygen atoms in total. The van der Waals surface area contributed by atoms with Crippen LogP contribution in [0.3, 0.4) is 0 Å². The molecule has 0 atom stereocenters. The fourth-order valence-electron chi connectivity index (χ4n) is 1.62. The van der Waals surface area contributed by atoms with Gasteiger partial charge in [-0.3, -0.25) is 4.48 Å². The minimum Gasteiger partial charge on any atom is -0.458 e. The average molecular weight is 220 g/mol. The fourth-order valence-corrected chi connectivity index (χ4v) is 1.84. The van der Waals surface area contributed by atoms with Gasteiger partial charge in [-0.05, 0) is 12.1 Å². The predicted molar refractivity (Wildman–Crippen MR) is 66.6 cm³/mol. The Bertz CT molecular complexity index is 551. The third kappa shape index (κ3) is 1.80. The first-order chi connectivity index (χ1) is 7.00. The van der Waals surface area contributed by atoms with E-state index in [0.717, 1.165) is 25.6 Å². The summed E-state index contributed by atoms with van der Waals surface area (Å²) >= 11 is 5.27. The molecule has 0 N–H and O–H groups in total. The molecular formula is C12H14NOS+. The summed E-state index contributed by atoms with van der Waals surface area (Å²) in [5.74, 6) is 0. The summed E-state index contributed by atoms with van der Waals surface area (Å²) in [5, 5.41) is 1.01. The third-order valence-corrected chi connectivity index (χ3v) is 2.74. The van der Waals surface area contributed by atoms with E-state index in [1.807, 2.05) is 18.2 Å². The van der Waals surface area contributed by atoms with E-state index in [0.29, 0.717) is 0 Å². The minimum atomic E-state index is 0.722. The molecule has 0 aliphatic heterocycles. The SMILES string of the molecule is C[N+](C)(C)c1cccc2c(=S)ccoc12. The van der Waals surface area contributed by atoms with Gasteiger partial charge in [0.1, 0.15) is 0 Å². The molecular weight excluding hydrogens is 206 g/mol. The molecule has 78 valence electrons. The first kappa shape index (κ1) is 10.3. The highest BCUT2D eigenvalue weighted by atomic mass is 32.1. The highest BCUT2D eigenvalue weighted by Gasteiger charge is 2.17. The topological polar surface area (TPSA) is 13.1 Å². The van der Waals surface area contributed by atoms with E-state index in [1.54, 1.807) is 6.26 Å². The number of nitrogens with zero attached hydrogens (tertiary/aromatic N) is 1. The maximum absolute atomic E-state index is 5.57. The molecule has 3 heteroatoms. The van der Waals surface area contributed by atoms with Crippen LogP contribution in [0.5, 0.6) is 0 Å². The van der Waals surface area contributed by atoms with Crippen molar-refractivity contribution < 1.29 is 4.42 Å². The van der Waals surface area contributed by atoms with Crippen LogP contribution in [0.4, 0.5) is 5.69 Å². The molecule has 1 heterocycles. The van der Waals surface area contributed by atoms with Crippen molar-refractivity contribution in [2.75, 3.05) is 21.1 Å². The van der Waals surface area contributed by atoms with Gasteiger partial charge in [0.25, 0.3) is 0 Å². The van der Waals surface area contributed by atoms with Crippen LogP contribution < -0.4 is 4.48 Å². The van der Waals surface area contributed by atoms with E-state index in [9.17, 15) is 0 Å². The second-order valence-corrected chi connectivity index (χ2v) is 4.89. The van der Waals surface area contributed by atoms with Crippen molar-refractivity contribution in [2.45, 2.75) is 0 Å². The van der Waals surface area contributed by atoms with Crippen LogP contribution in [0.15, 0.2) is 34.9 Å². The van der Waals surface area contributed by atoms with Gasteiger partial charge in [-0.1, -0.05) is 18.3 Å². The van der Waals surface area contributed by atoms with Crippen LogP contribution in [0.1, 0.15) is 0 Å². The Morgan fingerprint density at radius 1 is 1.13 bits per heavy atom. The molecule has 1 aromatic heterocycles. The molecule has 0 amide bonds. The number of quaternary nitrogens is 1. The van der Waals surface area contributed by atoms with Gasteiger partial charge in [0, 0.05) is 11.5 Å². The zero-order chi connectivity index (χ0) is 11.1. The Labute approximate surface area is 94.3 Å². The standard InChI is InChI=1S/C12H14NOS/c1-13(2,3)10-6-4-5-9-11(15)7-8-14-12(9)10/h4-8H,1-3H3/q+1. The van der Waals surface area contributed by atoms with Gasteiger partial charge < -0.3 is 4.42 Å². The number of rotatable bonds is 1. The molecule has 1 aromatic carbocycles. The quantitative estimate of drug-likeness (QED) is 0.540. The maximum atomic E-state index is 5.57. The molecule has 0 aliphatic rings. The lowest BCUT2D eigenvalue weighted by Gasteiger charge is -2.23. The van der Waals surface area contributed by atoms with E-state index in [-0.39, 0.29) is 0 Å². The average Bonchev–Trinajstić information content (AvgIpc) is 2.16. The minimum absolute atomic E-state index is 0.722. The van der Waals surface area contributed by atoms with E-state index in [4.69, 9.17) is 16.6 Å². The molecule has 0 spiro atoms. The van der Waals surface area contributed by atoms with Crippen molar-refractivity contribution in [1.29, 1.82) is 0 Å². The Kier molecular flexibility index (Phi) is 2.37. The lowest BCUT2D eigenvalue weighted by Crippen LogP contribution is -2.34. The summed E-state index contributed by atoms with van der Waals surface area (Å²) in [6, 6.07) is 7.91. The lowest BCUT2D eigenvalue weighted by atomic mass is 10.2. The molecule has 0 radical (unpaired) electrons. The summed E-state index contributed by atoms with van der Waals surface area (Å²) in [6.07, 6.45) is 1.66. The second-order valence-electron chi connectivity index (χ2n) is 4.45. The van der Waals surface area contributed by atoms with Crippen LogP contribution >= 0.6 is 12.2 Å². The first-order valence-corrected chi connectivity index (χ1v) is 5.23. The smallest absolute Gasteiger partial charge is 0.195 e. The summed E-state index contributed by atoms with van der Waals surface area (Å²) in [4.78, 5) is 0. The van der Waals surface area contributed by atoms with Crippen molar-refractivity contribution in [3.05, 3.63) is 35.0 Å². The first-order valence-electron chi connectivity index (χ1n) is 4.83. The fraction of sp³-hybridized carbons (Fsp3) is 0.250. The monoisotopic (exact) mass is 220 g/mol. The van der Waals surface area contributed by atoms with Gasteiger partial charge in [-0.15, -0.1) is 0 Å². The summed E-state index contributed by atoms with van der Waals surface area (Å²) in [6.45, 7) is 0. The van der Waals surface area contributed by atoms with Crippen molar-refractivity contribution in [3.63, 3.8) is 0 Å². The molecule has 15 heavy (non-hydrogen) atoms. The van der Waals surface area contributed by atoms with E-state index in [1.165, 1.54) is 0 Å². The number of hydrogen-bond acceptors (Lipinski definition) is 2. The van der Waals surface area contributed by atoms with Crippen LogP contribution in [0.2, 0.25) is 0 Å². The highest BCUT2D eigenvalue weighted by molar-refractivity contribution is 7.71.